The fourth-order valence-corrected chi connectivity index (χ4v) is 2.35. The Balaban J connectivity index is 1.97. The van der Waals surface area contributed by atoms with Crippen molar-refractivity contribution in [3.63, 3.8) is 0 Å². The van der Waals surface area contributed by atoms with Crippen LogP contribution in [0.4, 0.5) is 0 Å². The zero-order valence-electron chi connectivity index (χ0n) is 7.91. The Kier molecular flexibility index (Phi) is 2.51. The van der Waals surface area contributed by atoms with Crippen molar-refractivity contribution >= 4 is 5.91 Å². The molecule has 2 fully saturated rings. The van der Waals surface area contributed by atoms with Gasteiger partial charge in [-0.3, -0.25) is 9.69 Å². The SMILES string of the molecule is NCCN1CC(=O)N2CCCC2C1. The standard InChI is InChI=1S/C9H17N3O/c10-3-5-11-6-8-2-1-4-12(8)9(13)7-11/h8H,1-7,10H2. The second-order valence-corrected chi connectivity index (χ2v) is 3.91. The lowest BCUT2D eigenvalue weighted by molar-refractivity contribution is -0.137. The van der Waals surface area contributed by atoms with Crippen LogP contribution in [-0.4, -0.2) is 54.5 Å². The Morgan fingerprint density at radius 3 is 3.15 bits per heavy atom. The third-order valence-electron chi connectivity index (χ3n) is 2.97. The van der Waals surface area contributed by atoms with E-state index in [0.717, 1.165) is 19.6 Å². The van der Waals surface area contributed by atoms with Gasteiger partial charge in [0.1, 0.15) is 0 Å². The number of carbonyl (C=O) groups is 1. The van der Waals surface area contributed by atoms with Crippen molar-refractivity contribution in [1.29, 1.82) is 0 Å². The summed E-state index contributed by atoms with van der Waals surface area (Å²) >= 11 is 0. The third kappa shape index (κ3) is 1.69. The highest BCUT2D eigenvalue weighted by molar-refractivity contribution is 5.79. The second kappa shape index (κ2) is 3.64. The van der Waals surface area contributed by atoms with Crippen LogP contribution in [0.2, 0.25) is 0 Å². The molecule has 2 aliphatic heterocycles. The molecule has 4 nitrogen and oxygen atoms in total. The molecular weight excluding hydrogens is 166 g/mol. The Morgan fingerprint density at radius 1 is 1.54 bits per heavy atom. The topological polar surface area (TPSA) is 49.6 Å². The minimum atomic E-state index is 0.294. The van der Waals surface area contributed by atoms with Crippen LogP contribution in [0.25, 0.3) is 0 Å². The Labute approximate surface area is 78.7 Å². The summed E-state index contributed by atoms with van der Waals surface area (Å²) in [7, 11) is 0. The smallest absolute Gasteiger partial charge is 0.237 e. The molecule has 1 unspecified atom stereocenters. The van der Waals surface area contributed by atoms with Crippen molar-refractivity contribution in [3.8, 4) is 0 Å². The molecule has 1 amide bonds. The summed E-state index contributed by atoms with van der Waals surface area (Å²) in [5.74, 6) is 0.294. The quantitative estimate of drug-likeness (QED) is 0.613. The summed E-state index contributed by atoms with van der Waals surface area (Å²) in [6.07, 6.45) is 2.35. The predicted molar refractivity (Wildman–Crippen MR) is 50.2 cm³/mol. The van der Waals surface area contributed by atoms with E-state index in [9.17, 15) is 4.79 Å². The lowest BCUT2D eigenvalue weighted by atomic mass is 10.1. The van der Waals surface area contributed by atoms with Crippen molar-refractivity contribution in [2.24, 2.45) is 5.73 Å². The summed E-state index contributed by atoms with van der Waals surface area (Å²) in [5.41, 5.74) is 5.48. The summed E-state index contributed by atoms with van der Waals surface area (Å²) in [4.78, 5) is 15.8. The Bertz CT molecular complexity index is 207. The van der Waals surface area contributed by atoms with Crippen molar-refractivity contribution in [2.45, 2.75) is 18.9 Å². The maximum absolute atomic E-state index is 11.6. The van der Waals surface area contributed by atoms with Crippen LogP contribution in [0, 0.1) is 0 Å². The van der Waals surface area contributed by atoms with Crippen molar-refractivity contribution in [1.82, 2.24) is 9.80 Å². The van der Waals surface area contributed by atoms with E-state index < -0.39 is 0 Å². The van der Waals surface area contributed by atoms with Gasteiger partial charge < -0.3 is 10.6 Å². The van der Waals surface area contributed by atoms with Gasteiger partial charge in [-0.05, 0) is 12.8 Å². The highest BCUT2D eigenvalue weighted by atomic mass is 16.2. The second-order valence-electron chi connectivity index (χ2n) is 3.91. The summed E-state index contributed by atoms with van der Waals surface area (Å²) in [5, 5.41) is 0. The number of amides is 1. The van der Waals surface area contributed by atoms with Crippen LogP contribution >= 0.6 is 0 Å². The van der Waals surface area contributed by atoms with Gasteiger partial charge in [0.05, 0.1) is 6.54 Å². The average molecular weight is 183 g/mol. The first kappa shape index (κ1) is 8.97. The van der Waals surface area contributed by atoms with Crippen LogP contribution in [0.3, 0.4) is 0 Å². The summed E-state index contributed by atoms with van der Waals surface area (Å²) in [6, 6.07) is 0.479. The molecule has 0 aliphatic carbocycles. The molecule has 74 valence electrons. The molecule has 2 aliphatic rings. The average Bonchev–Trinajstić information content (AvgIpc) is 2.53. The van der Waals surface area contributed by atoms with Gasteiger partial charge in [-0.25, -0.2) is 0 Å². The van der Waals surface area contributed by atoms with Gasteiger partial charge >= 0.3 is 0 Å². The first-order valence-electron chi connectivity index (χ1n) is 5.03. The number of hydrogen-bond acceptors (Lipinski definition) is 3. The molecule has 0 bridgehead atoms. The molecule has 0 spiro atoms. The first-order valence-corrected chi connectivity index (χ1v) is 5.03. The van der Waals surface area contributed by atoms with Gasteiger partial charge in [-0.15, -0.1) is 0 Å². The molecule has 2 heterocycles. The van der Waals surface area contributed by atoms with E-state index in [4.69, 9.17) is 5.73 Å². The van der Waals surface area contributed by atoms with E-state index in [0.29, 0.717) is 25.0 Å². The number of hydrogen-bond donors (Lipinski definition) is 1. The van der Waals surface area contributed by atoms with Crippen molar-refractivity contribution in [3.05, 3.63) is 0 Å². The number of nitrogens with two attached hydrogens (primary N) is 1. The van der Waals surface area contributed by atoms with Crippen LogP contribution in [-0.2, 0) is 4.79 Å². The maximum atomic E-state index is 11.6. The largest absolute Gasteiger partial charge is 0.337 e. The van der Waals surface area contributed by atoms with Crippen LogP contribution in [0.1, 0.15) is 12.8 Å². The fourth-order valence-electron chi connectivity index (χ4n) is 2.35. The molecule has 0 aromatic carbocycles. The van der Waals surface area contributed by atoms with Gasteiger partial charge in [-0.1, -0.05) is 0 Å². The lowest BCUT2D eigenvalue weighted by Gasteiger charge is -2.36. The molecule has 13 heavy (non-hydrogen) atoms. The number of carbonyl (C=O) groups excluding carboxylic acids is 1. The lowest BCUT2D eigenvalue weighted by Crippen LogP contribution is -2.54. The van der Waals surface area contributed by atoms with Crippen LogP contribution in [0.5, 0.6) is 0 Å². The number of rotatable bonds is 2. The molecule has 0 aromatic heterocycles. The number of nitrogens with zero attached hydrogens (tertiary/aromatic N) is 2. The normalized spacial score (nSPS) is 29.5. The van der Waals surface area contributed by atoms with E-state index in [-0.39, 0.29) is 0 Å². The predicted octanol–water partition coefficient (Wildman–Crippen LogP) is -0.748. The molecule has 0 radical (unpaired) electrons. The highest BCUT2D eigenvalue weighted by Crippen LogP contribution is 2.21. The third-order valence-corrected chi connectivity index (χ3v) is 2.97. The van der Waals surface area contributed by atoms with E-state index >= 15 is 0 Å². The molecule has 2 N–H and O–H groups in total. The highest BCUT2D eigenvalue weighted by Gasteiger charge is 2.34. The molecule has 1 atom stereocenters. The molecule has 2 rings (SSSR count). The molecule has 2 saturated heterocycles. The Morgan fingerprint density at radius 2 is 2.38 bits per heavy atom. The van der Waals surface area contributed by atoms with Gasteiger partial charge in [0.2, 0.25) is 5.91 Å². The zero-order chi connectivity index (χ0) is 9.26. The zero-order valence-corrected chi connectivity index (χ0v) is 7.91. The molecule has 0 saturated carbocycles. The number of piperazine rings is 1. The van der Waals surface area contributed by atoms with Crippen molar-refractivity contribution < 1.29 is 4.79 Å². The van der Waals surface area contributed by atoms with E-state index in [1.807, 2.05) is 4.90 Å². The first-order chi connectivity index (χ1) is 6.31. The van der Waals surface area contributed by atoms with Crippen molar-refractivity contribution in [2.75, 3.05) is 32.7 Å². The fraction of sp³-hybridized carbons (Fsp3) is 0.889. The van der Waals surface area contributed by atoms with Gasteiger partial charge in [0, 0.05) is 32.2 Å². The number of fused-ring (bicyclic) bond motifs is 1. The van der Waals surface area contributed by atoms with Gasteiger partial charge in [0.25, 0.3) is 0 Å². The van der Waals surface area contributed by atoms with E-state index in [2.05, 4.69) is 4.90 Å². The van der Waals surface area contributed by atoms with Crippen LogP contribution in [0.15, 0.2) is 0 Å². The van der Waals surface area contributed by atoms with E-state index in [1.54, 1.807) is 0 Å². The summed E-state index contributed by atoms with van der Waals surface area (Å²) in [6.45, 7) is 4.09. The monoisotopic (exact) mass is 183 g/mol. The van der Waals surface area contributed by atoms with Gasteiger partial charge in [0.15, 0.2) is 0 Å². The maximum Gasteiger partial charge on any atom is 0.237 e. The molecular formula is C9H17N3O. The van der Waals surface area contributed by atoms with Crippen LogP contribution < -0.4 is 5.73 Å². The summed E-state index contributed by atoms with van der Waals surface area (Å²) < 4.78 is 0. The minimum Gasteiger partial charge on any atom is -0.337 e. The molecule has 0 aromatic rings. The Hall–Kier alpha value is -0.610. The van der Waals surface area contributed by atoms with Gasteiger partial charge in [-0.2, -0.15) is 0 Å². The minimum absolute atomic E-state index is 0.294. The van der Waals surface area contributed by atoms with E-state index in [1.165, 1.54) is 12.8 Å². The molecule has 4 heteroatoms.